The summed E-state index contributed by atoms with van der Waals surface area (Å²) in [7, 11) is 0. The Balaban J connectivity index is 2.35. The van der Waals surface area contributed by atoms with E-state index in [2.05, 4.69) is 10.1 Å². The summed E-state index contributed by atoms with van der Waals surface area (Å²) in [6.07, 6.45) is 3.04. The standard InChI is InChI=1S/C6H9N5O2/c7-6-5-3-9-11(13-2-1-12)10(5)4-8-6/h3-4,12H,1-2,7H2. The molecule has 0 aliphatic carbocycles. The molecular formula is C6H9N5O2. The Hall–Kier alpha value is -1.76. The number of aliphatic hydroxyl groups is 1. The fourth-order valence-corrected chi connectivity index (χ4v) is 1.00. The molecule has 0 radical (unpaired) electrons. The van der Waals surface area contributed by atoms with E-state index in [1.165, 1.54) is 11.3 Å². The van der Waals surface area contributed by atoms with Gasteiger partial charge >= 0.3 is 0 Å². The van der Waals surface area contributed by atoms with E-state index < -0.39 is 0 Å². The van der Waals surface area contributed by atoms with Gasteiger partial charge in [-0.15, -0.1) is 5.10 Å². The highest BCUT2D eigenvalue weighted by Crippen LogP contribution is 2.08. The molecule has 0 amide bonds. The molecule has 7 nitrogen and oxygen atoms in total. The van der Waals surface area contributed by atoms with E-state index in [0.29, 0.717) is 11.3 Å². The molecule has 2 aromatic heterocycles. The molecule has 0 saturated heterocycles. The number of anilines is 1. The largest absolute Gasteiger partial charge is 0.393 e. The Morgan fingerprint density at radius 1 is 1.62 bits per heavy atom. The molecule has 0 unspecified atom stereocenters. The SMILES string of the molecule is Nc1ncn2c1cnn2OCCO. The lowest BCUT2D eigenvalue weighted by Crippen LogP contribution is -2.20. The highest BCUT2D eigenvalue weighted by molar-refractivity contribution is 5.63. The topological polar surface area (TPSA) is 90.6 Å². The quantitative estimate of drug-likeness (QED) is 0.606. The summed E-state index contributed by atoms with van der Waals surface area (Å²) in [5.41, 5.74) is 6.21. The molecule has 0 fully saturated rings. The summed E-state index contributed by atoms with van der Waals surface area (Å²) < 4.78 is 1.55. The lowest BCUT2D eigenvalue weighted by molar-refractivity contribution is 0.0231. The van der Waals surface area contributed by atoms with Gasteiger partial charge in [-0.05, 0) is 4.96 Å². The minimum absolute atomic E-state index is 0.0640. The zero-order valence-corrected chi connectivity index (χ0v) is 6.79. The number of nitrogens with zero attached hydrogens (tertiary/aromatic N) is 4. The van der Waals surface area contributed by atoms with Gasteiger partial charge in [0.05, 0.1) is 12.8 Å². The first-order valence-corrected chi connectivity index (χ1v) is 3.74. The van der Waals surface area contributed by atoms with Crippen LogP contribution in [0.25, 0.3) is 5.52 Å². The first-order chi connectivity index (χ1) is 6.33. The van der Waals surface area contributed by atoms with Crippen LogP contribution in [-0.2, 0) is 0 Å². The Kier molecular flexibility index (Phi) is 1.78. The number of hydrogen-bond acceptors (Lipinski definition) is 5. The van der Waals surface area contributed by atoms with Crippen molar-refractivity contribution in [2.24, 2.45) is 0 Å². The molecule has 2 rings (SSSR count). The minimum atomic E-state index is -0.0640. The minimum Gasteiger partial charge on any atom is -0.393 e. The van der Waals surface area contributed by atoms with Crippen LogP contribution in [0.2, 0.25) is 0 Å². The molecule has 70 valence electrons. The Labute approximate surface area is 73.3 Å². The molecule has 2 aromatic rings. The smallest absolute Gasteiger partial charge is 0.153 e. The van der Waals surface area contributed by atoms with Gasteiger partial charge in [0.25, 0.3) is 0 Å². The number of aromatic nitrogens is 4. The summed E-state index contributed by atoms with van der Waals surface area (Å²) in [6.45, 7) is 0.112. The van der Waals surface area contributed by atoms with Crippen molar-refractivity contribution in [2.75, 3.05) is 18.9 Å². The molecular weight excluding hydrogens is 174 g/mol. The van der Waals surface area contributed by atoms with Crippen LogP contribution in [-0.4, -0.2) is 37.9 Å². The number of nitrogens with two attached hydrogens (primary N) is 1. The highest BCUT2D eigenvalue weighted by Gasteiger charge is 2.05. The van der Waals surface area contributed by atoms with Crippen molar-refractivity contribution in [3.8, 4) is 0 Å². The molecule has 3 N–H and O–H groups in total. The van der Waals surface area contributed by atoms with Gasteiger partial charge in [0.15, 0.2) is 5.82 Å². The van der Waals surface area contributed by atoms with Crippen molar-refractivity contribution in [1.82, 2.24) is 19.6 Å². The van der Waals surface area contributed by atoms with Crippen LogP contribution in [0, 0.1) is 0 Å². The van der Waals surface area contributed by atoms with Crippen LogP contribution in [0.1, 0.15) is 0 Å². The van der Waals surface area contributed by atoms with Gasteiger partial charge in [0.2, 0.25) is 0 Å². The van der Waals surface area contributed by atoms with Gasteiger partial charge in [-0.2, -0.15) is 4.52 Å². The van der Waals surface area contributed by atoms with Crippen molar-refractivity contribution < 1.29 is 9.94 Å². The lowest BCUT2D eigenvalue weighted by atomic mass is 10.6. The van der Waals surface area contributed by atoms with Crippen molar-refractivity contribution in [3.63, 3.8) is 0 Å². The van der Waals surface area contributed by atoms with Crippen LogP contribution >= 0.6 is 0 Å². The van der Waals surface area contributed by atoms with Crippen LogP contribution in [0.3, 0.4) is 0 Å². The van der Waals surface area contributed by atoms with Crippen molar-refractivity contribution in [1.29, 1.82) is 0 Å². The molecule has 0 aromatic carbocycles. The molecule has 2 heterocycles. The van der Waals surface area contributed by atoms with Gasteiger partial charge in [-0.25, -0.2) is 4.98 Å². The molecule has 13 heavy (non-hydrogen) atoms. The number of aliphatic hydroxyl groups excluding tert-OH is 1. The summed E-state index contributed by atoms with van der Waals surface area (Å²) in [4.78, 5) is 10.1. The first-order valence-electron chi connectivity index (χ1n) is 3.74. The van der Waals surface area contributed by atoms with Crippen molar-refractivity contribution in [3.05, 3.63) is 12.5 Å². The maximum absolute atomic E-state index is 8.53. The summed E-state index contributed by atoms with van der Waals surface area (Å²) in [5, 5.41) is 12.4. The fraction of sp³-hybridized carbons (Fsp3) is 0.333. The van der Waals surface area contributed by atoms with E-state index in [4.69, 9.17) is 15.7 Å². The average Bonchev–Trinajstić information content (AvgIpc) is 2.67. The van der Waals surface area contributed by atoms with Crippen LogP contribution in [0.5, 0.6) is 0 Å². The Bertz CT molecular complexity index is 406. The third-order valence-electron chi connectivity index (χ3n) is 1.58. The third kappa shape index (κ3) is 1.18. The van der Waals surface area contributed by atoms with Crippen molar-refractivity contribution >= 4 is 11.3 Å². The molecule has 0 aliphatic heterocycles. The Morgan fingerprint density at radius 2 is 2.46 bits per heavy atom. The van der Waals surface area contributed by atoms with E-state index in [-0.39, 0.29) is 13.2 Å². The van der Waals surface area contributed by atoms with Gasteiger partial charge < -0.3 is 15.7 Å². The second kappa shape index (κ2) is 2.94. The monoisotopic (exact) mass is 183 g/mol. The average molecular weight is 183 g/mol. The fourth-order valence-electron chi connectivity index (χ4n) is 1.00. The Morgan fingerprint density at radius 3 is 3.23 bits per heavy atom. The van der Waals surface area contributed by atoms with Crippen LogP contribution in [0.4, 0.5) is 5.82 Å². The predicted octanol–water partition coefficient (Wildman–Crippen LogP) is -1.47. The third-order valence-corrected chi connectivity index (χ3v) is 1.58. The number of nitrogen functional groups attached to an aromatic ring is 1. The van der Waals surface area contributed by atoms with Gasteiger partial charge in [-0.1, -0.05) is 0 Å². The molecule has 0 atom stereocenters. The van der Waals surface area contributed by atoms with Gasteiger partial charge in [0.1, 0.15) is 18.5 Å². The van der Waals surface area contributed by atoms with Crippen LogP contribution < -0.4 is 10.6 Å². The molecule has 7 heteroatoms. The number of fused-ring (bicyclic) bond motifs is 1. The van der Waals surface area contributed by atoms with Gasteiger partial charge in [-0.3, -0.25) is 0 Å². The maximum atomic E-state index is 8.53. The molecule has 0 saturated carbocycles. The lowest BCUT2D eigenvalue weighted by Gasteiger charge is -2.01. The number of hydrogen-bond donors (Lipinski definition) is 2. The van der Waals surface area contributed by atoms with E-state index in [1.807, 2.05) is 0 Å². The van der Waals surface area contributed by atoms with Gasteiger partial charge in [0, 0.05) is 0 Å². The maximum Gasteiger partial charge on any atom is 0.153 e. The zero-order valence-electron chi connectivity index (χ0n) is 6.79. The molecule has 0 bridgehead atoms. The summed E-state index contributed by atoms with van der Waals surface area (Å²) >= 11 is 0. The van der Waals surface area contributed by atoms with E-state index in [0.717, 1.165) is 0 Å². The second-order valence-corrected chi connectivity index (χ2v) is 2.41. The van der Waals surface area contributed by atoms with Crippen molar-refractivity contribution in [2.45, 2.75) is 0 Å². The molecule has 0 aliphatic rings. The molecule has 0 spiro atoms. The summed E-state index contributed by atoms with van der Waals surface area (Å²) in [5.74, 6) is 0.402. The second-order valence-electron chi connectivity index (χ2n) is 2.41. The van der Waals surface area contributed by atoms with E-state index >= 15 is 0 Å². The number of imidazole rings is 1. The van der Waals surface area contributed by atoms with Crippen LogP contribution in [0.15, 0.2) is 12.5 Å². The normalized spacial score (nSPS) is 10.8. The first kappa shape index (κ1) is 7.87. The summed E-state index contributed by atoms with van der Waals surface area (Å²) in [6, 6.07) is 0. The van der Waals surface area contributed by atoms with E-state index in [9.17, 15) is 0 Å². The number of rotatable bonds is 3. The van der Waals surface area contributed by atoms with E-state index in [1.54, 1.807) is 10.7 Å². The highest BCUT2D eigenvalue weighted by atomic mass is 16.7. The zero-order chi connectivity index (χ0) is 9.26. The predicted molar refractivity (Wildman–Crippen MR) is 43.9 cm³/mol.